The number of fused-ring (bicyclic) bond motifs is 1. The van der Waals surface area contributed by atoms with Crippen molar-refractivity contribution in [2.45, 2.75) is 11.8 Å². The molecule has 0 atom stereocenters. The van der Waals surface area contributed by atoms with Gasteiger partial charge >= 0.3 is 0 Å². The SMILES string of the molecule is COc1ccc(C)cc1NC1=C(Sc2ccc(NC(=O)c3ccc4c(c3)OCO4)cc2)C(=O)N(c2ccccc2)C1=O. The van der Waals surface area contributed by atoms with Gasteiger partial charge in [0.25, 0.3) is 17.7 Å². The van der Waals surface area contributed by atoms with Gasteiger partial charge in [0.2, 0.25) is 6.79 Å². The molecule has 0 aromatic heterocycles. The van der Waals surface area contributed by atoms with E-state index in [2.05, 4.69) is 10.6 Å². The van der Waals surface area contributed by atoms with Crippen LogP contribution >= 0.6 is 11.8 Å². The molecule has 0 unspecified atom stereocenters. The van der Waals surface area contributed by atoms with E-state index in [-0.39, 0.29) is 23.3 Å². The third-order valence-corrected chi connectivity index (χ3v) is 7.73. The molecule has 6 rings (SSSR count). The van der Waals surface area contributed by atoms with Crippen LogP contribution in [-0.4, -0.2) is 31.6 Å². The maximum absolute atomic E-state index is 13.7. The summed E-state index contributed by atoms with van der Waals surface area (Å²) >= 11 is 1.17. The summed E-state index contributed by atoms with van der Waals surface area (Å²) in [6.45, 7) is 2.06. The first kappa shape index (κ1) is 27.0. The molecule has 42 heavy (non-hydrogen) atoms. The summed E-state index contributed by atoms with van der Waals surface area (Å²) < 4.78 is 16.1. The van der Waals surface area contributed by atoms with Crippen molar-refractivity contribution in [1.82, 2.24) is 0 Å². The summed E-state index contributed by atoms with van der Waals surface area (Å²) in [4.78, 5) is 42.2. The molecule has 0 bridgehead atoms. The zero-order valence-corrected chi connectivity index (χ0v) is 23.5. The van der Waals surface area contributed by atoms with Gasteiger partial charge in [-0.15, -0.1) is 0 Å². The Hall–Kier alpha value is -5.22. The Labute approximate surface area is 246 Å². The van der Waals surface area contributed by atoms with Gasteiger partial charge in [0.05, 0.1) is 18.5 Å². The van der Waals surface area contributed by atoms with E-state index in [1.165, 1.54) is 11.8 Å². The molecule has 0 radical (unpaired) electrons. The first-order valence-corrected chi connectivity index (χ1v) is 13.8. The number of nitrogens with one attached hydrogen (secondary N) is 2. The number of carbonyl (C=O) groups is 3. The lowest BCUT2D eigenvalue weighted by molar-refractivity contribution is -0.120. The number of anilines is 3. The minimum absolute atomic E-state index is 0.128. The van der Waals surface area contributed by atoms with Gasteiger partial charge in [-0.2, -0.15) is 0 Å². The summed E-state index contributed by atoms with van der Waals surface area (Å²) in [5.74, 6) is 0.456. The van der Waals surface area contributed by atoms with Crippen LogP contribution < -0.4 is 29.7 Å². The highest BCUT2D eigenvalue weighted by Crippen LogP contribution is 2.39. The predicted molar refractivity (Wildman–Crippen MR) is 160 cm³/mol. The van der Waals surface area contributed by atoms with E-state index in [1.54, 1.807) is 79.9 Å². The molecule has 2 heterocycles. The fourth-order valence-electron chi connectivity index (χ4n) is 4.55. The summed E-state index contributed by atoms with van der Waals surface area (Å²) in [5.41, 5.74) is 3.16. The summed E-state index contributed by atoms with van der Waals surface area (Å²) in [5, 5.41) is 6.03. The van der Waals surface area contributed by atoms with Crippen molar-refractivity contribution in [3.05, 3.63) is 113 Å². The van der Waals surface area contributed by atoms with Crippen molar-refractivity contribution in [1.29, 1.82) is 0 Å². The molecule has 0 spiro atoms. The molecule has 210 valence electrons. The maximum Gasteiger partial charge on any atom is 0.283 e. The van der Waals surface area contributed by atoms with Crippen molar-refractivity contribution in [2.75, 3.05) is 29.4 Å². The number of aryl methyl sites for hydroxylation is 1. The summed E-state index contributed by atoms with van der Waals surface area (Å²) in [7, 11) is 1.55. The molecular formula is C32H25N3O6S. The highest BCUT2D eigenvalue weighted by molar-refractivity contribution is 8.04. The van der Waals surface area contributed by atoms with E-state index in [0.29, 0.717) is 44.8 Å². The van der Waals surface area contributed by atoms with Crippen LogP contribution in [0.3, 0.4) is 0 Å². The molecule has 3 amide bonds. The molecule has 2 aliphatic rings. The number of para-hydroxylation sites is 1. The van der Waals surface area contributed by atoms with Crippen molar-refractivity contribution in [2.24, 2.45) is 0 Å². The van der Waals surface area contributed by atoms with Crippen LogP contribution in [0.1, 0.15) is 15.9 Å². The number of methoxy groups -OCH3 is 1. The Morgan fingerprint density at radius 1 is 0.881 bits per heavy atom. The third kappa shape index (κ3) is 5.27. The zero-order valence-electron chi connectivity index (χ0n) is 22.7. The van der Waals surface area contributed by atoms with E-state index < -0.39 is 11.8 Å². The van der Waals surface area contributed by atoms with E-state index in [1.807, 2.05) is 25.1 Å². The van der Waals surface area contributed by atoms with E-state index >= 15 is 0 Å². The number of rotatable bonds is 8. The van der Waals surface area contributed by atoms with Crippen molar-refractivity contribution in [3.8, 4) is 17.2 Å². The fourth-order valence-corrected chi connectivity index (χ4v) is 5.47. The van der Waals surface area contributed by atoms with Crippen LogP contribution in [0.25, 0.3) is 0 Å². The van der Waals surface area contributed by atoms with Crippen LogP contribution in [0, 0.1) is 6.92 Å². The second kappa shape index (κ2) is 11.3. The second-order valence-corrected chi connectivity index (χ2v) is 10.5. The molecule has 10 heteroatoms. The standard InChI is InChI=1S/C32H25N3O6S/c1-19-8-14-25(39-2)24(16-19)34-28-29(32(38)35(31(28)37)22-6-4-3-5-7-22)42-23-12-10-21(11-13-23)33-30(36)20-9-15-26-27(17-20)41-18-40-26/h3-17,34H,18H2,1-2H3,(H,33,36). The zero-order chi connectivity index (χ0) is 29.2. The van der Waals surface area contributed by atoms with Gasteiger partial charge in [0, 0.05) is 16.1 Å². The molecule has 0 saturated carbocycles. The third-order valence-electron chi connectivity index (χ3n) is 6.64. The highest BCUT2D eigenvalue weighted by atomic mass is 32.2. The van der Waals surface area contributed by atoms with Crippen LogP contribution in [0.5, 0.6) is 17.2 Å². The average Bonchev–Trinajstić information content (AvgIpc) is 3.56. The van der Waals surface area contributed by atoms with Crippen LogP contribution in [0.2, 0.25) is 0 Å². The molecular weight excluding hydrogens is 554 g/mol. The van der Waals surface area contributed by atoms with Gasteiger partial charge in [-0.05, 0) is 79.2 Å². The van der Waals surface area contributed by atoms with Crippen molar-refractivity contribution >= 4 is 46.5 Å². The molecule has 2 N–H and O–H groups in total. The minimum atomic E-state index is -0.468. The largest absolute Gasteiger partial charge is 0.495 e. The first-order valence-electron chi connectivity index (χ1n) is 13.0. The van der Waals surface area contributed by atoms with Gasteiger partial charge in [-0.1, -0.05) is 36.0 Å². The van der Waals surface area contributed by atoms with Crippen LogP contribution in [0.15, 0.2) is 106 Å². The Morgan fingerprint density at radius 3 is 2.40 bits per heavy atom. The normalized spacial score (nSPS) is 13.9. The number of hydrogen-bond donors (Lipinski definition) is 2. The minimum Gasteiger partial charge on any atom is -0.495 e. The quantitative estimate of drug-likeness (QED) is 0.246. The molecule has 4 aromatic rings. The summed E-state index contributed by atoms with van der Waals surface area (Å²) in [6, 6.07) is 26.4. The van der Waals surface area contributed by atoms with Crippen molar-refractivity contribution in [3.63, 3.8) is 0 Å². The fraction of sp³-hybridized carbons (Fsp3) is 0.0938. The van der Waals surface area contributed by atoms with Gasteiger partial charge in [-0.25, -0.2) is 4.90 Å². The molecule has 0 saturated heterocycles. The number of imide groups is 1. The lowest BCUT2D eigenvalue weighted by Gasteiger charge is -2.16. The van der Waals surface area contributed by atoms with Crippen LogP contribution in [-0.2, 0) is 9.59 Å². The first-order chi connectivity index (χ1) is 20.4. The van der Waals surface area contributed by atoms with Gasteiger partial charge < -0.3 is 24.8 Å². The van der Waals surface area contributed by atoms with E-state index in [4.69, 9.17) is 14.2 Å². The maximum atomic E-state index is 13.7. The topological polar surface area (TPSA) is 106 Å². The molecule has 4 aromatic carbocycles. The molecule has 0 aliphatic carbocycles. The van der Waals surface area contributed by atoms with E-state index in [0.717, 1.165) is 10.5 Å². The number of benzene rings is 4. The molecule has 9 nitrogen and oxygen atoms in total. The van der Waals surface area contributed by atoms with E-state index in [9.17, 15) is 14.4 Å². The Kier molecular flexibility index (Phi) is 7.28. The Bertz CT molecular complexity index is 1740. The Morgan fingerprint density at radius 2 is 1.64 bits per heavy atom. The number of thioether (sulfide) groups is 1. The molecule has 2 aliphatic heterocycles. The van der Waals surface area contributed by atoms with Crippen molar-refractivity contribution < 1.29 is 28.6 Å². The predicted octanol–water partition coefficient (Wildman–Crippen LogP) is 5.97. The van der Waals surface area contributed by atoms with Gasteiger partial charge in [-0.3, -0.25) is 14.4 Å². The number of amides is 3. The van der Waals surface area contributed by atoms with Gasteiger partial charge in [0.15, 0.2) is 11.5 Å². The monoisotopic (exact) mass is 579 g/mol. The van der Waals surface area contributed by atoms with Gasteiger partial charge in [0.1, 0.15) is 16.4 Å². The summed E-state index contributed by atoms with van der Waals surface area (Å²) in [6.07, 6.45) is 0. The number of carbonyl (C=O) groups excluding carboxylic acids is 3. The lowest BCUT2D eigenvalue weighted by Crippen LogP contribution is -2.32. The average molecular weight is 580 g/mol. The van der Waals surface area contributed by atoms with Crippen LogP contribution in [0.4, 0.5) is 17.1 Å². The number of ether oxygens (including phenoxy) is 3. The molecule has 0 fully saturated rings. The number of nitrogens with zero attached hydrogens (tertiary/aromatic N) is 1. The number of hydrogen-bond acceptors (Lipinski definition) is 8. The second-order valence-electron chi connectivity index (χ2n) is 9.46. The Balaban J connectivity index is 1.26. The highest BCUT2D eigenvalue weighted by Gasteiger charge is 2.40. The lowest BCUT2D eigenvalue weighted by atomic mass is 10.2. The smallest absolute Gasteiger partial charge is 0.283 e.